The predicted octanol–water partition coefficient (Wildman–Crippen LogP) is 2.60. The minimum Gasteiger partial charge on any atom is -0.468 e. The molecule has 1 fully saturated rings. The average Bonchev–Trinajstić information content (AvgIpc) is 3.50. The fourth-order valence-electron chi connectivity index (χ4n) is 3.62. The molecule has 0 amide bonds. The lowest BCUT2D eigenvalue weighted by atomic mass is 10.2. The molecule has 0 aromatic carbocycles. The van der Waals surface area contributed by atoms with Crippen molar-refractivity contribution in [1.29, 1.82) is 0 Å². The molecule has 0 radical (unpaired) electrons. The average molecular weight is 402 g/mol. The first kappa shape index (κ1) is 21.4. The van der Waals surface area contributed by atoms with Gasteiger partial charge in [0.15, 0.2) is 5.96 Å². The molecule has 0 spiro atoms. The zero-order chi connectivity index (χ0) is 20.5. The third-order valence-electron chi connectivity index (χ3n) is 5.53. The van der Waals surface area contributed by atoms with E-state index in [-0.39, 0.29) is 6.04 Å². The smallest absolute Gasteiger partial charge is 0.191 e. The minimum atomic E-state index is 0.188. The van der Waals surface area contributed by atoms with Crippen molar-refractivity contribution >= 4 is 5.96 Å². The van der Waals surface area contributed by atoms with E-state index in [1.165, 1.54) is 12.8 Å². The number of guanidine groups is 1. The lowest BCUT2D eigenvalue weighted by Crippen LogP contribution is -2.43. The van der Waals surface area contributed by atoms with E-state index < -0.39 is 0 Å². The number of nitrogens with one attached hydrogen (secondary N) is 2. The third-order valence-corrected chi connectivity index (χ3v) is 5.53. The maximum absolute atomic E-state index is 5.73. The van der Waals surface area contributed by atoms with Gasteiger partial charge in [0.1, 0.15) is 17.9 Å². The summed E-state index contributed by atoms with van der Waals surface area (Å²) in [6.07, 6.45) is 7.96. The summed E-state index contributed by atoms with van der Waals surface area (Å²) in [5.74, 6) is 2.85. The molecular formula is C21H35N7O. The van der Waals surface area contributed by atoms with Crippen molar-refractivity contribution in [3.8, 4) is 0 Å². The predicted molar refractivity (Wildman–Crippen MR) is 115 cm³/mol. The molecule has 3 heterocycles. The summed E-state index contributed by atoms with van der Waals surface area (Å²) in [6.45, 7) is 10.9. The standard InChI is InChI=1S/C21H35N7O/c1-4-17(3)25-21(22-10-13-28-16-24-26-20(28)5-2)23-15-18(19-9-8-14-29-19)27-11-6-7-12-27/h8-9,14,16-18H,4-7,10-13,15H2,1-3H3,(H2,22,23,25). The van der Waals surface area contributed by atoms with Gasteiger partial charge in [0.2, 0.25) is 0 Å². The number of hydrogen-bond acceptors (Lipinski definition) is 5. The monoisotopic (exact) mass is 401 g/mol. The lowest BCUT2D eigenvalue weighted by Gasteiger charge is -2.25. The molecule has 2 aromatic heterocycles. The van der Waals surface area contributed by atoms with Crippen LogP contribution in [0.5, 0.6) is 0 Å². The van der Waals surface area contributed by atoms with Gasteiger partial charge in [0.25, 0.3) is 0 Å². The van der Waals surface area contributed by atoms with E-state index in [4.69, 9.17) is 9.41 Å². The highest BCUT2D eigenvalue weighted by atomic mass is 16.3. The number of aromatic nitrogens is 3. The van der Waals surface area contributed by atoms with Gasteiger partial charge in [-0.3, -0.25) is 9.89 Å². The molecule has 8 nitrogen and oxygen atoms in total. The number of hydrogen-bond donors (Lipinski definition) is 2. The quantitative estimate of drug-likeness (QED) is 0.470. The Hall–Kier alpha value is -2.35. The Kier molecular flexibility index (Phi) is 8.10. The summed E-state index contributed by atoms with van der Waals surface area (Å²) < 4.78 is 7.82. The molecule has 1 saturated heterocycles. The zero-order valence-electron chi connectivity index (χ0n) is 18.0. The third kappa shape index (κ3) is 6.06. The van der Waals surface area contributed by atoms with Crippen LogP contribution < -0.4 is 10.6 Å². The second-order valence-electron chi connectivity index (χ2n) is 7.64. The van der Waals surface area contributed by atoms with E-state index in [0.717, 1.165) is 56.6 Å². The van der Waals surface area contributed by atoms with E-state index in [1.54, 1.807) is 12.6 Å². The lowest BCUT2D eigenvalue weighted by molar-refractivity contribution is 0.221. The molecule has 1 aliphatic rings. The topological polar surface area (TPSA) is 83.5 Å². The van der Waals surface area contributed by atoms with Gasteiger partial charge < -0.3 is 19.6 Å². The molecule has 1 aliphatic heterocycles. The van der Waals surface area contributed by atoms with E-state index in [1.807, 2.05) is 6.07 Å². The van der Waals surface area contributed by atoms with Crippen LogP contribution in [0.25, 0.3) is 0 Å². The van der Waals surface area contributed by atoms with E-state index in [2.05, 4.69) is 57.1 Å². The summed E-state index contributed by atoms with van der Waals surface area (Å²) in [5.41, 5.74) is 0. The maximum Gasteiger partial charge on any atom is 0.191 e. The van der Waals surface area contributed by atoms with Crippen molar-refractivity contribution in [2.24, 2.45) is 4.99 Å². The number of aliphatic imine (C=N–C) groups is 1. The first-order valence-electron chi connectivity index (χ1n) is 10.9. The highest BCUT2D eigenvalue weighted by molar-refractivity contribution is 5.80. The van der Waals surface area contributed by atoms with E-state index in [9.17, 15) is 0 Å². The van der Waals surface area contributed by atoms with Gasteiger partial charge in [0.05, 0.1) is 18.8 Å². The van der Waals surface area contributed by atoms with Crippen LogP contribution in [0.1, 0.15) is 57.7 Å². The Balaban J connectivity index is 1.64. The van der Waals surface area contributed by atoms with Crippen LogP contribution in [-0.2, 0) is 13.0 Å². The molecule has 0 aliphatic carbocycles. The maximum atomic E-state index is 5.73. The van der Waals surface area contributed by atoms with Gasteiger partial charge in [-0.25, -0.2) is 0 Å². The number of nitrogens with zero attached hydrogens (tertiary/aromatic N) is 5. The van der Waals surface area contributed by atoms with Crippen LogP contribution in [0.4, 0.5) is 0 Å². The molecule has 0 saturated carbocycles. The molecule has 0 bridgehead atoms. The van der Waals surface area contributed by atoms with E-state index in [0.29, 0.717) is 12.6 Å². The molecule has 2 atom stereocenters. The van der Waals surface area contributed by atoms with Crippen LogP contribution in [0, 0.1) is 0 Å². The normalized spacial score (nSPS) is 17.4. The van der Waals surface area contributed by atoms with Crippen LogP contribution in [0.15, 0.2) is 34.1 Å². The first-order chi connectivity index (χ1) is 14.2. The summed E-state index contributed by atoms with van der Waals surface area (Å²) >= 11 is 0. The Morgan fingerprint density at radius 1 is 1.31 bits per heavy atom. The van der Waals surface area contributed by atoms with Crippen LogP contribution in [0.3, 0.4) is 0 Å². The molecular weight excluding hydrogens is 366 g/mol. The zero-order valence-corrected chi connectivity index (χ0v) is 18.0. The van der Waals surface area contributed by atoms with Gasteiger partial charge in [-0.05, 0) is 51.4 Å². The summed E-state index contributed by atoms with van der Waals surface area (Å²) in [7, 11) is 0. The minimum absolute atomic E-state index is 0.188. The molecule has 3 rings (SSSR count). The molecule has 160 valence electrons. The van der Waals surface area contributed by atoms with Gasteiger partial charge in [0, 0.05) is 25.6 Å². The molecule has 29 heavy (non-hydrogen) atoms. The van der Waals surface area contributed by atoms with Crippen molar-refractivity contribution in [1.82, 2.24) is 30.3 Å². The molecule has 2 N–H and O–H groups in total. The van der Waals surface area contributed by atoms with Gasteiger partial charge in [-0.1, -0.05) is 13.8 Å². The van der Waals surface area contributed by atoms with Crippen molar-refractivity contribution in [2.45, 2.75) is 65.1 Å². The highest BCUT2D eigenvalue weighted by Crippen LogP contribution is 2.25. The van der Waals surface area contributed by atoms with Gasteiger partial charge in [-0.2, -0.15) is 0 Å². The fourth-order valence-corrected chi connectivity index (χ4v) is 3.62. The number of aryl methyl sites for hydroxylation is 1. The Morgan fingerprint density at radius 3 is 2.83 bits per heavy atom. The molecule has 8 heteroatoms. The first-order valence-corrected chi connectivity index (χ1v) is 10.9. The van der Waals surface area contributed by atoms with E-state index >= 15 is 0 Å². The number of furan rings is 1. The van der Waals surface area contributed by atoms with Crippen molar-refractivity contribution in [3.05, 3.63) is 36.3 Å². The second kappa shape index (κ2) is 11.0. The second-order valence-corrected chi connectivity index (χ2v) is 7.64. The molecule has 2 aromatic rings. The summed E-state index contributed by atoms with van der Waals surface area (Å²) in [5, 5.41) is 15.2. The summed E-state index contributed by atoms with van der Waals surface area (Å²) in [6, 6.07) is 4.57. The molecule has 2 unspecified atom stereocenters. The SMILES string of the molecule is CCc1nncn1CCNC(=NCC(c1ccco1)N1CCCC1)NC(C)CC. The summed E-state index contributed by atoms with van der Waals surface area (Å²) in [4.78, 5) is 7.41. The van der Waals surface area contributed by atoms with Crippen LogP contribution in [0.2, 0.25) is 0 Å². The van der Waals surface area contributed by atoms with Gasteiger partial charge >= 0.3 is 0 Å². The van der Waals surface area contributed by atoms with Crippen molar-refractivity contribution in [3.63, 3.8) is 0 Å². The van der Waals surface area contributed by atoms with Crippen LogP contribution in [-0.4, -0.2) is 57.8 Å². The number of likely N-dealkylation sites (tertiary alicyclic amines) is 1. The van der Waals surface area contributed by atoms with Crippen LogP contribution >= 0.6 is 0 Å². The fraction of sp³-hybridized carbons (Fsp3) is 0.667. The Morgan fingerprint density at radius 2 is 2.14 bits per heavy atom. The van der Waals surface area contributed by atoms with Crippen molar-refractivity contribution in [2.75, 3.05) is 26.2 Å². The largest absolute Gasteiger partial charge is 0.468 e. The number of rotatable bonds is 10. The van der Waals surface area contributed by atoms with Gasteiger partial charge in [-0.15, -0.1) is 10.2 Å². The Bertz CT molecular complexity index is 734. The van der Waals surface area contributed by atoms with Crippen molar-refractivity contribution < 1.29 is 4.42 Å². The Labute approximate surface area is 173 Å². The highest BCUT2D eigenvalue weighted by Gasteiger charge is 2.25.